The highest BCUT2D eigenvalue weighted by atomic mass is 16.6. The second-order valence-corrected chi connectivity index (χ2v) is 4.32. The summed E-state index contributed by atoms with van der Waals surface area (Å²) in [6.07, 6.45) is 0. The van der Waals surface area contributed by atoms with Crippen molar-refractivity contribution in [3.63, 3.8) is 0 Å². The first-order valence-electron chi connectivity index (χ1n) is 6.24. The lowest BCUT2D eigenvalue weighted by molar-refractivity contribution is -0.384. The molecule has 0 fully saturated rings. The number of carbonyl (C=O) groups is 1. The van der Waals surface area contributed by atoms with Gasteiger partial charge in [-0.25, -0.2) is 4.98 Å². The average molecular weight is 281 g/mol. The molecule has 8 nitrogen and oxygen atoms in total. The number of nitrogens with one attached hydrogen (secondary N) is 2. The van der Waals surface area contributed by atoms with Gasteiger partial charge in [0.15, 0.2) is 0 Å². The first kappa shape index (κ1) is 15.7. The van der Waals surface area contributed by atoms with E-state index in [9.17, 15) is 14.9 Å². The van der Waals surface area contributed by atoms with Gasteiger partial charge in [-0.3, -0.25) is 14.9 Å². The number of aromatic nitrogens is 1. The third-order valence-electron chi connectivity index (χ3n) is 2.86. The van der Waals surface area contributed by atoms with Gasteiger partial charge in [0.2, 0.25) is 5.91 Å². The highest BCUT2D eigenvalue weighted by Gasteiger charge is 2.18. The van der Waals surface area contributed by atoms with Gasteiger partial charge in [-0.2, -0.15) is 0 Å². The van der Waals surface area contributed by atoms with Gasteiger partial charge in [-0.05, 0) is 13.8 Å². The maximum atomic E-state index is 11.9. The van der Waals surface area contributed by atoms with Gasteiger partial charge >= 0.3 is 0 Å². The number of hydrogen-bond acceptors (Lipinski definition) is 6. The molecule has 0 saturated heterocycles. The number of rotatable bonds is 6. The largest absolute Gasteiger partial charge is 0.373 e. The molecule has 1 aromatic rings. The minimum Gasteiger partial charge on any atom is -0.373 e. The van der Waals surface area contributed by atoms with Crippen LogP contribution in [0.3, 0.4) is 0 Å². The molecule has 1 rings (SSSR count). The molecule has 2 N–H and O–H groups in total. The summed E-state index contributed by atoms with van der Waals surface area (Å²) in [6, 6.07) is 2.12. The molecule has 0 bridgehead atoms. The maximum Gasteiger partial charge on any atom is 0.276 e. The highest BCUT2D eigenvalue weighted by Crippen LogP contribution is 2.20. The van der Waals surface area contributed by atoms with Crippen LogP contribution in [-0.4, -0.2) is 47.4 Å². The van der Waals surface area contributed by atoms with E-state index in [1.165, 1.54) is 12.1 Å². The van der Waals surface area contributed by atoms with Gasteiger partial charge < -0.3 is 15.5 Å². The van der Waals surface area contributed by atoms with E-state index in [0.717, 1.165) is 0 Å². The summed E-state index contributed by atoms with van der Waals surface area (Å²) in [4.78, 5) is 28.0. The van der Waals surface area contributed by atoms with Crippen molar-refractivity contribution in [3.05, 3.63) is 22.2 Å². The van der Waals surface area contributed by atoms with Crippen LogP contribution in [0, 0.1) is 10.1 Å². The zero-order valence-electron chi connectivity index (χ0n) is 12.0. The maximum absolute atomic E-state index is 11.9. The molecular formula is C12H19N5O3. The summed E-state index contributed by atoms with van der Waals surface area (Å²) < 4.78 is 0. The number of pyridine rings is 1. The monoisotopic (exact) mass is 281 g/mol. The predicted octanol–water partition coefficient (Wildman–Crippen LogP) is 1.31. The smallest absolute Gasteiger partial charge is 0.276 e. The lowest BCUT2D eigenvalue weighted by Crippen LogP contribution is -2.39. The Morgan fingerprint density at radius 1 is 1.50 bits per heavy atom. The Morgan fingerprint density at radius 2 is 2.10 bits per heavy atom. The third-order valence-corrected chi connectivity index (χ3v) is 2.86. The van der Waals surface area contributed by atoms with Crippen LogP contribution >= 0.6 is 0 Å². The zero-order chi connectivity index (χ0) is 15.3. The Kier molecular flexibility index (Phi) is 5.24. The lowest BCUT2D eigenvalue weighted by Gasteiger charge is -2.21. The molecule has 0 spiro atoms. The number of nitrogens with zero attached hydrogens (tertiary/aromatic N) is 3. The van der Waals surface area contributed by atoms with Gasteiger partial charge in [0.05, 0.1) is 17.1 Å². The average Bonchev–Trinajstić information content (AvgIpc) is 2.44. The fraction of sp³-hybridized carbons (Fsp3) is 0.500. The summed E-state index contributed by atoms with van der Waals surface area (Å²) in [5, 5.41) is 16.5. The number of likely N-dealkylation sites (N-methyl/N-ethyl adjacent to an activating group) is 1. The number of hydrogen-bond donors (Lipinski definition) is 2. The molecule has 0 saturated carbocycles. The predicted molar refractivity (Wildman–Crippen MR) is 76.8 cm³/mol. The van der Waals surface area contributed by atoms with Crippen molar-refractivity contribution in [1.82, 2.24) is 9.88 Å². The van der Waals surface area contributed by atoms with Crippen LogP contribution in [0.2, 0.25) is 0 Å². The topological polar surface area (TPSA) is 100 Å². The van der Waals surface area contributed by atoms with E-state index in [-0.39, 0.29) is 17.4 Å². The van der Waals surface area contributed by atoms with E-state index in [4.69, 9.17) is 0 Å². The Labute approximate surface area is 117 Å². The summed E-state index contributed by atoms with van der Waals surface area (Å²) in [5.74, 6) is 0.547. The van der Waals surface area contributed by atoms with E-state index >= 15 is 0 Å². The Morgan fingerprint density at radius 3 is 2.60 bits per heavy atom. The molecule has 8 heteroatoms. The number of carbonyl (C=O) groups excluding carboxylic acids is 1. The zero-order valence-corrected chi connectivity index (χ0v) is 12.0. The molecule has 0 aliphatic rings. The van der Waals surface area contributed by atoms with Crippen molar-refractivity contribution in [2.75, 3.05) is 31.3 Å². The number of amides is 1. The summed E-state index contributed by atoms with van der Waals surface area (Å²) in [6.45, 7) is 4.15. The Hall–Kier alpha value is -2.38. The van der Waals surface area contributed by atoms with Crippen LogP contribution in [0.15, 0.2) is 12.1 Å². The fourth-order valence-electron chi connectivity index (χ4n) is 1.59. The quantitative estimate of drug-likeness (QED) is 0.602. The number of nitro groups is 1. The van der Waals surface area contributed by atoms with Crippen LogP contribution in [0.5, 0.6) is 0 Å². The van der Waals surface area contributed by atoms with E-state index in [1.54, 1.807) is 25.9 Å². The van der Waals surface area contributed by atoms with Gasteiger partial charge in [0.25, 0.3) is 5.69 Å². The first-order valence-corrected chi connectivity index (χ1v) is 6.24. The highest BCUT2D eigenvalue weighted by molar-refractivity contribution is 5.83. The second-order valence-electron chi connectivity index (χ2n) is 4.32. The molecule has 0 aromatic carbocycles. The van der Waals surface area contributed by atoms with Crippen LogP contribution in [0.25, 0.3) is 0 Å². The molecule has 0 radical (unpaired) electrons. The van der Waals surface area contributed by atoms with Crippen molar-refractivity contribution in [2.24, 2.45) is 0 Å². The van der Waals surface area contributed by atoms with Crippen molar-refractivity contribution in [2.45, 2.75) is 19.9 Å². The molecule has 1 amide bonds. The molecule has 1 heterocycles. The second kappa shape index (κ2) is 6.69. The van der Waals surface area contributed by atoms with Gasteiger partial charge in [-0.15, -0.1) is 0 Å². The van der Waals surface area contributed by atoms with E-state index in [2.05, 4.69) is 15.6 Å². The van der Waals surface area contributed by atoms with Gasteiger partial charge in [-0.1, -0.05) is 0 Å². The van der Waals surface area contributed by atoms with Gasteiger partial charge in [0.1, 0.15) is 17.7 Å². The van der Waals surface area contributed by atoms with E-state index in [0.29, 0.717) is 12.4 Å². The molecule has 1 atom stereocenters. The van der Waals surface area contributed by atoms with Crippen LogP contribution < -0.4 is 10.6 Å². The minimum absolute atomic E-state index is 0.0876. The molecule has 110 valence electrons. The Balaban J connectivity index is 2.94. The van der Waals surface area contributed by atoms with E-state index < -0.39 is 11.0 Å². The fourth-order valence-corrected chi connectivity index (χ4v) is 1.59. The summed E-state index contributed by atoms with van der Waals surface area (Å²) >= 11 is 0. The van der Waals surface area contributed by atoms with Gasteiger partial charge in [0, 0.05) is 20.6 Å². The van der Waals surface area contributed by atoms with Crippen LogP contribution in [-0.2, 0) is 4.79 Å². The molecule has 0 aliphatic heterocycles. The molecule has 20 heavy (non-hydrogen) atoms. The van der Waals surface area contributed by atoms with E-state index in [1.807, 2.05) is 6.92 Å². The normalized spacial score (nSPS) is 11.6. The first-order chi connectivity index (χ1) is 9.38. The molecule has 1 aromatic heterocycles. The third kappa shape index (κ3) is 3.81. The standard InChI is InChI=1S/C12H19N5O3/c1-5-16(4)12(18)8(2)14-11-7-9(17(19)20)6-10(13-3)15-11/h6-8H,5H2,1-4H3,(H2,13,14,15). The van der Waals surface area contributed by atoms with Crippen molar-refractivity contribution in [3.8, 4) is 0 Å². The van der Waals surface area contributed by atoms with Crippen molar-refractivity contribution in [1.29, 1.82) is 0 Å². The SMILES string of the molecule is CCN(C)C(=O)C(C)Nc1cc([N+](=O)[O-])cc(NC)n1. The number of anilines is 2. The summed E-state index contributed by atoms with van der Waals surface area (Å²) in [7, 11) is 3.32. The Bertz CT molecular complexity index is 506. The molecule has 0 aliphatic carbocycles. The van der Waals surface area contributed by atoms with Crippen molar-refractivity contribution < 1.29 is 9.72 Å². The van der Waals surface area contributed by atoms with Crippen LogP contribution in [0.1, 0.15) is 13.8 Å². The minimum atomic E-state index is -0.515. The van der Waals surface area contributed by atoms with Crippen LogP contribution in [0.4, 0.5) is 17.3 Å². The van der Waals surface area contributed by atoms with Crippen molar-refractivity contribution >= 4 is 23.2 Å². The molecule has 1 unspecified atom stereocenters. The lowest BCUT2D eigenvalue weighted by atomic mass is 10.2. The summed E-state index contributed by atoms with van der Waals surface area (Å²) in [5.41, 5.74) is -0.0876. The molecular weight excluding hydrogens is 262 g/mol.